The second kappa shape index (κ2) is 9.89. The van der Waals surface area contributed by atoms with Crippen molar-refractivity contribution >= 4 is 46.1 Å². The average Bonchev–Trinajstić information content (AvgIpc) is 3.27. The molecule has 0 aliphatic heterocycles. The number of carbonyl (C=O) groups is 1. The smallest absolute Gasteiger partial charge is 0.270 e. The van der Waals surface area contributed by atoms with Crippen LogP contribution in [0.15, 0.2) is 71.2 Å². The highest BCUT2D eigenvalue weighted by Gasteiger charge is 2.13. The third-order valence-corrected chi connectivity index (χ3v) is 5.90. The van der Waals surface area contributed by atoms with Crippen molar-refractivity contribution in [2.75, 3.05) is 5.32 Å². The highest BCUT2D eigenvalue weighted by atomic mass is 35.5. The third kappa shape index (κ3) is 5.15. The number of anilines is 1. The normalized spacial score (nSPS) is 12.2. The molecule has 3 aromatic carbocycles. The van der Waals surface area contributed by atoms with Gasteiger partial charge in [0.05, 0.1) is 15.6 Å². The fourth-order valence-corrected chi connectivity index (χ4v) is 3.62. The van der Waals surface area contributed by atoms with Crippen molar-refractivity contribution in [1.82, 2.24) is 4.98 Å². The van der Waals surface area contributed by atoms with Gasteiger partial charge < -0.3 is 9.73 Å². The number of amides is 1. The minimum Gasteiger partial charge on any atom is -0.436 e. The number of rotatable bonds is 7. The summed E-state index contributed by atoms with van der Waals surface area (Å²) >= 11 is 6.29. The summed E-state index contributed by atoms with van der Waals surface area (Å²) in [6.07, 6.45) is 3.82. The molecule has 4 aromatic rings. The molecule has 4 rings (SSSR count). The molecular formula is C26H22ClN3O4. The molecule has 1 atom stereocenters. The van der Waals surface area contributed by atoms with E-state index in [1.165, 1.54) is 29.8 Å². The van der Waals surface area contributed by atoms with Crippen LogP contribution in [0.25, 0.3) is 28.6 Å². The van der Waals surface area contributed by atoms with E-state index in [-0.39, 0.29) is 5.69 Å². The van der Waals surface area contributed by atoms with Gasteiger partial charge in [-0.15, -0.1) is 0 Å². The van der Waals surface area contributed by atoms with Gasteiger partial charge in [0.15, 0.2) is 5.58 Å². The molecule has 172 valence electrons. The van der Waals surface area contributed by atoms with E-state index in [2.05, 4.69) is 24.1 Å². The van der Waals surface area contributed by atoms with Crippen LogP contribution in [0.2, 0.25) is 5.02 Å². The SMILES string of the molecule is CC[C@H](C)c1ccc2oc(-c3ccc(Cl)c(NC(=O)/C=C/c4cccc([N+](=O)[O-])c4)c3)nc2c1. The first-order chi connectivity index (χ1) is 16.3. The van der Waals surface area contributed by atoms with Gasteiger partial charge in [-0.2, -0.15) is 0 Å². The number of benzene rings is 3. The zero-order chi connectivity index (χ0) is 24.2. The summed E-state index contributed by atoms with van der Waals surface area (Å²) in [6.45, 7) is 4.31. The van der Waals surface area contributed by atoms with Crippen LogP contribution in [0.1, 0.15) is 37.3 Å². The first-order valence-electron chi connectivity index (χ1n) is 10.8. The molecule has 34 heavy (non-hydrogen) atoms. The number of oxazole rings is 1. The van der Waals surface area contributed by atoms with Gasteiger partial charge in [-0.25, -0.2) is 4.98 Å². The predicted molar refractivity (Wildman–Crippen MR) is 134 cm³/mol. The van der Waals surface area contributed by atoms with Crippen molar-refractivity contribution in [2.24, 2.45) is 0 Å². The number of nitrogens with zero attached hydrogens (tertiary/aromatic N) is 2. The van der Waals surface area contributed by atoms with Gasteiger partial charge in [0.25, 0.3) is 5.69 Å². The number of aromatic nitrogens is 1. The number of nitro benzene ring substituents is 1. The summed E-state index contributed by atoms with van der Waals surface area (Å²) in [5.74, 6) is 0.425. The summed E-state index contributed by atoms with van der Waals surface area (Å²) < 4.78 is 5.92. The largest absolute Gasteiger partial charge is 0.436 e. The second-order valence-corrected chi connectivity index (χ2v) is 8.33. The Hall–Kier alpha value is -3.97. The van der Waals surface area contributed by atoms with Crippen molar-refractivity contribution in [1.29, 1.82) is 0 Å². The van der Waals surface area contributed by atoms with Crippen LogP contribution >= 0.6 is 11.6 Å². The summed E-state index contributed by atoms with van der Waals surface area (Å²) in [5, 5.41) is 14.0. The lowest BCUT2D eigenvalue weighted by Crippen LogP contribution is -2.08. The zero-order valence-electron chi connectivity index (χ0n) is 18.6. The van der Waals surface area contributed by atoms with E-state index in [0.29, 0.717) is 39.2 Å². The van der Waals surface area contributed by atoms with E-state index in [9.17, 15) is 14.9 Å². The van der Waals surface area contributed by atoms with Crippen LogP contribution in [0.3, 0.4) is 0 Å². The highest BCUT2D eigenvalue weighted by molar-refractivity contribution is 6.34. The fourth-order valence-electron chi connectivity index (χ4n) is 3.45. The number of halogens is 1. The lowest BCUT2D eigenvalue weighted by Gasteiger charge is -2.07. The Morgan fingerprint density at radius 2 is 2.03 bits per heavy atom. The minimum atomic E-state index is -0.486. The van der Waals surface area contributed by atoms with Crippen LogP contribution in [-0.2, 0) is 4.79 Å². The molecule has 8 heteroatoms. The van der Waals surface area contributed by atoms with Crippen molar-refractivity contribution in [3.63, 3.8) is 0 Å². The Morgan fingerprint density at radius 3 is 2.79 bits per heavy atom. The molecule has 1 aromatic heterocycles. The van der Waals surface area contributed by atoms with E-state index < -0.39 is 10.8 Å². The number of fused-ring (bicyclic) bond motifs is 1. The first-order valence-corrected chi connectivity index (χ1v) is 11.2. The average molecular weight is 476 g/mol. The van der Waals surface area contributed by atoms with Crippen molar-refractivity contribution in [3.05, 3.63) is 93.0 Å². The Balaban J connectivity index is 1.54. The molecule has 7 nitrogen and oxygen atoms in total. The molecule has 1 N–H and O–H groups in total. The van der Waals surface area contributed by atoms with Gasteiger partial charge in [0.1, 0.15) is 5.52 Å². The first kappa shape index (κ1) is 23.2. The van der Waals surface area contributed by atoms with Crippen LogP contribution in [0.5, 0.6) is 0 Å². The molecule has 0 radical (unpaired) electrons. The maximum atomic E-state index is 12.4. The van der Waals surface area contributed by atoms with Gasteiger partial charge in [-0.3, -0.25) is 14.9 Å². The molecule has 0 saturated carbocycles. The number of non-ortho nitro benzene ring substituents is 1. The number of carbonyl (C=O) groups excluding carboxylic acids is 1. The Bertz CT molecular complexity index is 1410. The highest BCUT2D eigenvalue weighted by Crippen LogP contribution is 2.32. The van der Waals surface area contributed by atoms with Crippen molar-refractivity contribution < 1.29 is 14.1 Å². The summed E-state index contributed by atoms with van der Waals surface area (Å²) in [4.78, 5) is 27.5. The van der Waals surface area contributed by atoms with E-state index in [1.807, 2.05) is 18.2 Å². The van der Waals surface area contributed by atoms with Crippen LogP contribution in [-0.4, -0.2) is 15.8 Å². The summed E-state index contributed by atoms with van der Waals surface area (Å²) in [7, 11) is 0. The van der Waals surface area contributed by atoms with Crippen molar-refractivity contribution in [3.8, 4) is 11.5 Å². The topological polar surface area (TPSA) is 98.3 Å². The van der Waals surface area contributed by atoms with E-state index in [1.54, 1.807) is 30.3 Å². The molecule has 0 bridgehead atoms. The molecule has 0 unspecified atom stereocenters. The van der Waals surface area contributed by atoms with Crippen LogP contribution in [0.4, 0.5) is 11.4 Å². The maximum absolute atomic E-state index is 12.4. The predicted octanol–water partition coefficient (Wildman–Crippen LogP) is 7.22. The van der Waals surface area contributed by atoms with Gasteiger partial charge in [-0.05, 0) is 59.9 Å². The van der Waals surface area contributed by atoms with E-state index >= 15 is 0 Å². The maximum Gasteiger partial charge on any atom is 0.270 e. The van der Waals surface area contributed by atoms with Gasteiger partial charge in [0.2, 0.25) is 11.8 Å². The van der Waals surface area contributed by atoms with Gasteiger partial charge >= 0.3 is 0 Å². The second-order valence-electron chi connectivity index (χ2n) is 7.92. The summed E-state index contributed by atoms with van der Waals surface area (Å²) in [6, 6.07) is 17.1. The van der Waals surface area contributed by atoms with E-state index in [0.717, 1.165) is 11.9 Å². The monoisotopic (exact) mass is 475 g/mol. The summed E-state index contributed by atoms with van der Waals surface area (Å²) in [5.41, 5.74) is 4.21. The molecular weight excluding hydrogens is 454 g/mol. The number of hydrogen-bond acceptors (Lipinski definition) is 5. The standard InChI is InChI=1S/C26H22ClN3O4/c1-3-16(2)18-9-11-24-23(14-18)29-26(34-24)19-8-10-21(27)22(15-19)28-25(31)12-7-17-5-4-6-20(13-17)30(32)33/h4-16H,3H2,1-2H3,(H,28,31)/b12-7+/t16-/m0/s1. The van der Waals surface area contributed by atoms with Gasteiger partial charge in [0, 0.05) is 23.8 Å². The molecule has 0 aliphatic carbocycles. The number of nitro groups is 1. The molecule has 0 saturated heterocycles. The molecule has 0 spiro atoms. The lowest BCUT2D eigenvalue weighted by molar-refractivity contribution is -0.384. The third-order valence-electron chi connectivity index (χ3n) is 5.57. The van der Waals surface area contributed by atoms with E-state index in [4.69, 9.17) is 16.0 Å². The fraction of sp³-hybridized carbons (Fsp3) is 0.154. The number of hydrogen-bond donors (Lipinski definition) is 1. The molecule has 1 amide bonds. The number of nitrogens with one attached hydrogen (secondary N) is 1. The van der Waals surface area contributed by atoms with Gasteiger partial charge in [-0.1, -0.05) is 43.6 Å². The molecule has 0 aliphatic rings. The molecule has 1 heterocycles. The quantitative estimate of drug-likeness (QED) is 0.173. The Morgan fingerprint density at radius 1 is 1.21 bits per heavy atom. The molecule has 0 fully saturated rings. The minimum absolute atomic E-state index is 0.0482. The lowest BCUT2D eigenvalue weighted by atomic mass is 9.98. The van der Waals surface area contributed by atoms with Crippen LogP contribution < -0.4 is 5.32 Å². The Labute approximate surface area is 201 Å². The Kier molecular flexibility index (Phi) is 6.75. The zero-order valence-corrected chi connectivity index (χ0v) is 19.4. The van der Waals surface area contributed by atoms with Crippen molar-refractivity contribution in [2.45, 2.75) is 26.2 Å². The van der Waals surface area contributed by atoms with Crippen LogP contribution in [0, 0.1) is 10.1 Å².